The standard InChI is InChI=1S/C21H20F5N7O/c1-12-3-2-6-32(18(12)11-29-20-27-9-13(10-28-20)21(24,25)26)19(34)14-7-15(22)16(23)8-17(14)33-30-4-5-31-33/h4-5,7-10,12,18H,2-3,6,11H2,1H3,(H,27,28,29)/t12-,18-/m1/s1. The van der Waals surface area contributed by atoms with Crippen LogP contribution in [0.25, 0.3) is 5.69 Å². The van der Waals surface area contributed by atoms with Crippen molar-refractivity contribution in [3.05, 3.63) is 59.7 Å². The molecule has 3 heterocycles. The monoisotopic (exact) mass is 481 g/mol. The van der Waals surface area contributed by atoms with E-state index in [2.05, 4.69) is 25.5 Å². The molecule has 0 saturated carbocycles. The summed E-state index contributed by atoms with van der Waals surface area (Å²) in [6.07, 6.45) is 0.977. The average Bonchev–Trinajstić information content (AvgIpc) is 3.34. The summed E-state index contributed by atoms with van der Waals surface area (Å²) in [5.74, 6) is -2.88. The van der Waals surface area contributed by atoms with Crippen LogP contribution in [0.15, 0.2) is 36.9 Å². The van der Waals surface area contributed by atoms with Gasteiger partial charge in [-0.2, -0.15) is 28.2 Å². The van der Waals surface area contributed by atoms with Gasteiger partial charge in [-0.25, -0.2) is 18.7 Å². The number of piperidine rings is 1. The van der Waals surface area contributed by atoms with Gasteiger partial charge in [0.05, 0.1) is 29.6 Å². The maximum absolute atomic E-state index is 14.1. The van der Waals surface area contributed by atoms with Crippen molar-refractivity contribution in [1.82, 2.24) is 29.9 Å². The summed E-state index contributed by atoms with van der Waals surface area (Å²) in [7, 11) is 0. The third kappa shape index (κ3) is 4.82. The number of alkyl halides is 3. The van der Waals surface area contributed by atoms with Crippen molar-refractivity contribution in [2.24, 2.45) is 5.92 Å². The quantitative estimate of drug-likeness (QED) is 0.559. The SMILES string of the molecule is C[C@@H]1CCCN(C(=O)c2cc(F)c(F)cc2-n2nccn2)[C@@H]1CNc1ncc(C(F)(F)F)cn1. The zero-order valence-electron chi connectivity index (χ0n) is 17.9. The summed E-state index contributed by atoms with van der Waals surface area (Å²) in [6, 6.07) is 1.27. The molecule has 4 rings (SSSR count). The number of carbonyl (C=O) groups excluding carboxylic acids is 1. The van der Waals surface area contributed by atoms with Crippen LogP contribution in [0.3, 0.4) is 0 Å². The number of halogens is 5. The van der Waals surface area contributed by atoms with Gasteiger partial charge in [0.2, 0.25) is 5.95 Å². The minimum absolute atomic E-state index is 0.00934. The summed E-state index contributed by atoms with van der Waals surface area (Å²) >= 11 is 0. The van der Waals surface area contributed by atoms with Crippen LogP contribution in [0, 0.1) is 17.6 Å². The first-order valence-corrected chi connectivity index (χ1v) is 10.4. The Morgan fingerprint density at radius 2 is 1.76 bits per heavy atom. The number of aromatic nitrogens is 5. The third-order valence-electron chi connectivity index (χ3n) is 5.73. The number of nitrogens with zero attached hydrogens (tertiary/aromatic N) is 6. The molecule has 180 valence electrons. The van der Waals surface area contributed by atoms with Crippen molar-refractivity contribution >= 4 is 11.9 Å². The molecule has 2 aromatic heterocycles. The molecule has 34 heavy (non-hydrogen) atoms. The molecule has 1 saturated heterocycles. The summed E-state index contributed by atoms with van der Waals surface area (Å²) in [6.45, 7) is 2.44. The second kappa shape index (κ2) is 9.31. The average molecular weight is 481 g/mol. The van der Waals surface area contributed by atoms with E-state index >= 15 is 0 Å². The smallest absolute Gasteiger partial charge is 0.352 e. The van der Waals surface area contributed by atoms with Crippen LogP contribution in [0.1, 0.15) is 35.7 Å². The molecule has 1 N–H and O–H groups in total. The number of carbonyl (C=O) groups is 1. The van der Waals surface area contributed by atoms with Crippen molar-refractivity contribution in [3.8, 4) is 5.69 Å². The van der Waals surface area contributed by atoms with Crippen LogP contribution in [0.4, 0.5) is 27.9 Å². The van der Waals surface area contributed by atoms with Crippen molar-refractivity contribution in [3.63, 3.8) is 0 Å². The molecule has 0 aliphatic carbocycles. The Hall–Kier alpha value is -3.64. The molecular formula is C21H20F5N7O. The molecule has 0 spiro atoms. The van der Waals surface area contributed by atoms with Crippen LogP contribution in [-0.2, 0) is 6.18 Å². The highest BCUT2D eigenvalue weighted by Gasteiger charge is 2.35. The van der Waals surface area contributed by atoms with E-state index in [9.17, 15) is 26.7 Å². The van der Waals surface area contributed by atoms with Gasteiger partial charge in [0, 0.05) is 31.5 Å². The molecule has 1 amide bonds. The predicted octanol–water partition coefficient (Wildman–Crippen LogP) is 3.71. The Balaban J connectivity index is 1.58. The Kier molecular flexibility index (Phi) is 6.44. The number of rotatable bonds is 5. The molecule has 1 aliphatic heterocycles. The molecule has 1 aliphatic rings. The first-order valence-electron chi connectivity index (χ1n) is 10.4. The molecule has 1 aromatic carbocycles. The molecule has 2 atom stereocenters. The Labute approximate surface area is 190 Å². The lowest BCUT2D eigenvalue weighted by Crippen LogP contribution is -2.51. The molecule has 0 unspecified atom stereocenters. The molecule has 3 aromatic rings. The minimum atomic E-state index is -4.55. The second-order valence-electron chi connectivity index (χ2n) is 7.96. The van der Waals surface area contributed by atoms with Crippen LogP contribution >= 0.6 is 0 Å². The second-order valence-corrected chi connectivity index (χ2v) is 7.96. The number of hydrogen-bond donors (Lipinski definition) is 1. The van der Waals surface area contributed by atoms with Gasteiger partial charge < -0.3 is 10.2 Å². The van der Waals surface area contributed by atoms with Crippen molar-refractivity contribution < 1.29 is 26.7 Å². The lowest BCUT2D eigenvalue weighted by atomic mass is 9.90. The largest absolute Gasteiger partial charge is 0.419 e. The van der Waals surface area contributed by atoms with Gasteiger partial charge in [-0.15, -0.1) is 0 Å². The molecule has 0 bridgehead atoms. The van der Waals surface area contributed by atoms with E-state index in [0.29, 0.717) is 25.4 Å². The summed E-state index contributed by atoms with van der Waals surface area (Å²) in [5, 5.41) is 10.7. The molecule has 0 radical (unpaired) electrons. The van der Waals surface area contributed by atoms with Crippen LogP contribution < -0.4 is 5.32 Å². The van der Waals surface area contributed by atoms with Gasteiger partial charge in [0.1, 0.15) is 5.69 Å². The fourth-order valence-corrected chi connectivity index (χ4v) is 3.94. The summed E-state index contributed by atoms with van der Waals surface area (Å²) in [5.41, 5.74) is -1.09. The number of nitrogens with one attached hydrogen (secondary N) is 1. The van der Waals surface area contributed by atoms with Gasteiger partial charge in [0.25, 0.3) is 5.91 Å². The van der Waals surface area contributed by atoms with Gasteiger partial charge >= 0.3 is 6.18 Å². The zero-order valence-corrected chi connectivity index (χ0v) is 17.9. The highest BCUT2D eigenvalue weighted by molar-refractivity contribution is 5.98. The number of benzene rings is 1. The topological polar surface area (TPSA) is 88.8 Å². The summed E-state index contributed by atoms with van der Waals surface area (Å²) < 4.78 is 66.2. The van der Waals surface area contributed by atoms with Crippen molar-refractivity contribution in [1.29, 1.82) is 0 Å². The maximum atomic E-state index is 14.1. The van der Waals surface area contributed by atoms with Gasteiger partial charge in [-0.1, -0.05) is 6.92 Å². The molecule has 13 heteroatoms. The zero-order chi connectivity index (χ0) is 24.5. The van der Waals surface area contributed by atoms with E-state index in [1.54, 1.807) is 0 Å². The number of amides is 1. The van der Waals surface area contributed by atoms with E-state index in [1.165, 1.54) is 17.3 Å². The van der Waals surface area contributed by atoms with Gasteiger partial charge in [0.15, 0.2) is 11.6 Å². The molecular weight excluding hydrogens is 461 g/mol. The third-order valence-corrected chi connectivity index (χ3v) is 5.73. The van der Waals surface area contributed by atoms with E-state index in [1.807, 2.05) is 6.92 Å². The van der Waals surface area contributed by atoms with Gasteiger partial charge in [-0.3, -0.25) is 4.79 Å². The number of likely N-dealkylation sites (tertiary alicyclic amines) is 1. The Morgan fingerprint density at radius 3 is 2.41 bits per heavy atom. The highest BCUT2D eigenvalue weighted by atomic mass is 19.4. The van der Waals surface area contributed by atoms with E-state index in [-0.39, 0.29) is 29.7 Å². The van der Waals surface area contributed by atoms with Crippen molar-refractivity contribution in [2.45, 2.75) is 32.0 Å². The van der Waals surface area contributed by atoms with E-state index < -0.39 is 35.3 Å². The number of hydrogen-bond acceptors (Lipinski definition) is 6. The minimum Gasteiger partial charge on any atom is -0.352 e. The van der Waals surface area contributed by atoms with Gasteiger partial charge in [-0.05, 0) is 24.8 Å². The fourth-order valence-electron chi connectivity index (χ4n) is 3.94. The van der Waals surface area contributed by atoms with E-state index in [4.69, 9.17) is 0 Å². The van der Waals surface area contributed by atoms with Crippen LogP contribution in [0.5, 0.6) is 0 Å². The van der Waals surface area contributed by atoms with Crippen molar-refractivity contribution in [2.75, 3.05) is 18.4 Å². The Bertz CT molecular complexity index is 1150. The highest BCUT2D eigenvalue weighted by Crippen LogP contribution is 2.29. The summed E-state index contributed by atoms with van der Waals surface area (Å²) in [4.78, 5) is 23.4. The molecule has 1 fully saturated rings. The first-order chi connectivity index (χ1) is 16.1. The number of anilines is 1. The van der Waals surface area contributed by atoms with E-state index in [0.717, 1.165) is 23.4 Å². The van der Waals surface area contributed by atoms with Crippen LogP contribution in [0.2, 0.25) is 0 Å². The molecule has 8 nitrogen and oxygen atoms in total. The van der Waals surface area contributed by atoms with Crippen LogP contribution in [-0.4, -0.2) is 54.9 Å². The lowest BCUT2D eigenvalue weighted by molar-refractivity contribution is -0.138. The predicted molar refractivity (Wildman–Crippen MR) is 110 cm³/mol. The fraction of sp³-hybridized carbons (Fsp3) is 0.381. The first kappa shape index (κ1) is 23.5. The Morgan fingerprint density at radius 1 is 1.12 bits per heavy atom. The lowest BCUT2D eigenvalue weighted by Gasteiger charge is -2.40. The maximum Gasteiger partial charge on any atom is 0.419 e. The normalized spacial score (nSPS) is 18.7.